The number of carbonyl (C=O) groups is 3. The van der Waals surface area contributed by atoms with E-state index in [4.69, 9.17) is 4.74 Å². The van der Waals surface area contributed by atoms with Gasteiger partial charge in [0.1, 0.15) is 13.2 Å². The van der Waals surface area contributed by atoms with Crippen LogP contribution in [-0.2, 0) is 32.1 Å². The van der Waals surface area contributed by atoms with Gasteiger partial charge in [-0.2, -0.15) is 0 Å². The van der Waals surface area contributed by atoms with Crippen molar-refractivity contribution in [1.82, 2.24) is 0 Å². The number of para-hydroxylation sites is 1. The Morgan fingerprint density at radius 2 is 1.68 bits per heavy atom. The van der Waals surface area contributed by atoms with Crippen molar-refractivity contribution in [3.8, 4) is 0 Å². The second-order valence-electron chi connectivity index (χ2n) is 5.94. The predicted octanol–water partition coefficient (Wildman–Crippen LogP) is 2.67. The highest BCUT2D eigenvalue weighted by Crippen LogP contribution is 2.25. The lowest BCUT2D eigenvalue weighted by Gasteiger charge is -2.25. The van der Waals surface area contributed by atoms with E-state index in [1.165, 1.54) is 4.90 Å². The maximum Gasteiger partial charge on any atom is 0.326 e. The molecule has 0 N–H and O–H groups in total. The van der Waals surface area contributed by atoms with Gasteiger partial charge >= 0.3 is 5.97 Å². The highest BCUT2D eigenvalue weighted by atomic mass is 16.5. The first-order valence-electron chi connectivity index (χ1n) is 8.27. The largest absolute Gasteiger partial charge is 0.459 e. The average Bonchev–Trinajstić information content (AvgIpc) is 2.64. The smallest absolute Gasteiger partial charge is 0.326 e. The van der Waals surface area contributed by atoms with E-state index < -0.39 is 17.7 Å². The first-order chi connectivity index (χ1) is 12.1. The van der Waals surface area contributed by atoms with Crippen LogP contribution >= 0.6 is 0 Å². The van der Waals surface area contributed by atoms with E-state index >= 15 is 0 Å². The number of Topliss-reactive ketones (excluding diaryl/α,β-unsaturated/α-hetero) is 1. The number of carbonyl (C=O) groups excluding carboxylic acids is 3. The summed E-state index contributed by atoms with van der Waals surface area (Å²) in [5, 5.41) is 0. The van der Waals surface area contributed by atoms with Crippen LogP contribution in [0.3, 0.4) is 0 Å². The van der Waals surface area contributed by atoms with E-state index in [9.17, 15) is 14.4 Å². The van der Waals surface area contributed by atoms with Crippen molar-refractivity contribution in [2.75, 3.05) is 11.4 Å². The minimum Gasteiger partial charge on any atom is -0.459 e. The molecular formula is C20H19NO4. The van der Waals surface area contributed by atoms with Gasteiger partial charge in [0.05, 0.1) is 0 Å². The Labute approximate surface area is 146 Å². The molecule has 0 bridgehead atoms. The molecule has 0 aliphatic carbocycles. The molecule has 25 heavy (non-hydrogen) atoms. The highest BCUT2D eigenvalue weighted by Gasteiger charge is 2.28. The maximum absolute atomic E-state index is 12.4. The molecule has 2 aromatic rings. The third kappa shape index (κ3) is 4.12. The second-order valence-corrected chi connectivity index (χ2v) is 5.94. The number of benzene rings is 2. The van der Waals surface area contributed by atoms with E-state index in [1.807, 2.05) is 42.5 Å². The Hall–Kier alpha value is -2.95. The zero-order valence-electron chi connectivity index (χ0n) is 13.8. The lowest BCUT2D eigenvalue weighted by molar-refractivity contribution is -0.144. The van der Waals surface area contributed by atoms with E-state index in [0.29, 0.717) is 18.5 Å². The molecule has 1 aliphatic heterocycles. The highest BCUT2D eigenvalue weighted by molar-refractivity contribution is 6.41. The standard InChI is InChI=1S/C20H19NO4/c22-18-12-6-10-16-9-4-5-11-17(16)21(20(18)24)13-19(23)25-14-15-7-2-1-3-8-15/h1-5,7-9,11H,6,10,12-14H2. The topological polar surface area (TPSA) is 63.7 Å². The molecular weight excluding hydrogens is 318 g/mol. The monoisotopic (exact) mass is 337 g/mol. The van der Waals surface area contributed by atoms with Crippen molar-refractivity contribution in [1.29, 1.82) is 0 Å². The van der Waals surface area contributed by atoms with Crippen molar-refractivity contribution in [3.63, 3.8) is 0 Å². The van der Waals surface area contributed by atoms with Crippen LogP contribution in [0, 0.1) is 0 Å². The summed E-state index contributed by atoms with van der Waals surface area (Å²) in [6.45, 7) is -0.133. The third-order valence-electron chi connectivity index (χ3n) is 4.15. The molecule has 0 saturated heterocycles. The molecule has 5 nitrogen and oxygen atoms in total. The van der Waals surface area contributed by atoms with E-state index in [2.05, 4.69) is 0 Å². The molecule has 0 unspecified atom stereocenters. The van der Waals surface area contributed by atoms with Crippen molar-refractivity contribution < 1.29 is 19.1 Å². The molecule has 5 heteroatoms. The fraction of sp³-hybridized carbons (Fsp3) is 0.250. The number of aryl methyl sites for hydroxylation is 1. The van der Waals surface area contributed by atoms with Gasteiger partial charge in [-0.05, 0) is 30.0 Å². The number of anilines is 1. The third-order valence-corrected chi connectivity index (χ3v) is 4.15. The lowest BCUT2D eigenvalue weighted by Crippen LogP contribution is -2.42. The van der Waals surface area contributed by atoms with Crippen molar-refractivity contribution in [2.45, 2.75) is 25.9 Å². The molecule has 0 aromatic heterocycles. The molecule has 1 amide bonds. The molecule has 0 atom stereocenters. The lowest BCUT2D eigenvalue weighted by atomic mass is 10.0. The van der Waals surface area contributed by atoms with Crippen LogP contribution in [0.4, 0.5) is 5.69 Å². The summed E-state index contributed by atoms with van der Waals surface area (Å²) in [4.78, 5) is 37.9. The zero-order chi connectivity index (χ0) is 17.6. The minimum absolute atomic E-state index is 0.136. The Kier molecular flexibility index (Phi) is 5.23. The van der Waals surface area contributed by atoms with Crippen molar-refractivity contribution in [2.24, 2.45) is 0 Å². The Morgan fingerprint density at radius 3 is 2.48 bits per heavy atom. The minimum atomic E-state index is -0.649. The molecule has 1 heterocycles. The predicted molar refractivity (Wildman–Crippen MR) is 93.0 cm³/mol. The van der Waals surface area contributed by atoms with Crippen molar-refractivity contribution in [3.05, 3.63) is 65.7 Å². The quantitative estimate of drug-likeness (QED) is 0.636. The summed E-state index contributed by atoms with van der Waals surface area (Å²) in [6, 6.07) is 16.7. The maximum atomic E-state index is 12.4. The number of hydrogen-bond donors (Lipinski definition) is 0. The fourth-order valence-corrected chi connectivity index (χ4v) is 2.86. The van der Waals surface area contributed by atoms with E-state index in [1.54, 1.807) is 12.1 Å². The van der Waals surface area contributed by atoms with E-state index in [0.717, 1.165) is 11.1 Å². The number of hydrogen-bond acceptors (Lipinski definition) is 4. The van der Waals surface area contributed by atoms with Crippen LogP contribution in [0.15, 0.2) is 54.6 Å². The van der Waals surface area contributed by atoms with Crippen LogP contribution in [0.25, 0.3) is 0 Å². The number of esters is 1. The first-order valence-corrected chi connectivity index (χ1v) is 8.27. The fourth-order valence-electron chi connectivity index (χ4n) is 2.86. The molecule has 0 fully saturated rings. The van der Waals surface area contributed by atoms with Gasteiger partial charge < -0.3 is 4.74 Å². The number of amides is 1. The summed E-state index contributed by atoms with van der Waals surface area (Å²) in [6.07, 6.45) is 1.53. The Balaban J connectivity index is 1.75. The summed E-state index contributed by atoms with van der Waals surface area (Å²) >= 11 is 0. The Morgan fingerprint density at radius 1 is 0.960 bits per heavy atom. The molecule has 0 saturated carbocycles. The van der Waals surface area contributed by atoms with Gasteiger partial charge in [-0.25, -0.2) is 0 Å². The summed E-state index contributed by atoms with van der Waals surface area (Å²) in [5.41, 5.74) is 2.43. The second kappa shape index (κ2) is 7.75. The van der Waals surface area contributed by atoms with Crippen LogP contribution in [-0.4, -0.2) is 24.2 Å². The van der Waals surface area contributed by atoms with Gasteiger partial charge in [0, 0.05) is 12.1 Å². The molecule has 0 spiro atoms. The normalized spacial score (nSPS) is 14.5. The average molecular weight is 337 g/mol. The molecule has 2 aromatic carbocycles. The summed E-state index contributed by atoms with van der Waals surface area (Å²) in [7, 11) is 0. The van der Waals surface area contributed by atoms with Gasteiger partial charge in [-0.1, -0.05) is 48.5 Å². The van der Waals surface area contributed by atoms with Gasteiger partial charge in [0.25, 0.3) is 5.91 Å². The number of ether oxygens (including phenoxy) is 1. The van der Waals surface area contributed by atoms with Crippen LogP contribution in [0.2, 0.25) is 0 Å². The van der Waals surface area contributed by atoms with Crippen LogP contribution in [0.1, 0.15) is 24.0 Å². The van der Waals surface area contributed by atoms with Crippen LogP contribution < -0.4 is 4.90 Å². The molecule has 128 valence electrons. The Bertz CT molecular complexity index is 785. The summed E-state index contributed by atoms with van der Waals surface area (Å²) in [5.74, 6) is -1.66. The number of nitrogens with zero attached hydrogens (tertiary/aromatic N) is 1. The SMILES string of the molecule is O=C(CN1C(=O)C(=O)CCCc2ccccc21)OCc1ccccc1. The van der Waals surface area contributed by atoms with Crippen molar-refractivity contribution >= 4 is 23.3 Å². The van der Waals surface area contributed by atoms with Gasteiger partial charge in [0.15, 0.2) is 0 Å². The number of rotatable bonds is 4. The number of fused-ring (bicyclic) bond motifs is 1. The van der Waals surface area contributed by atoms with Gasteiger partial charge in [-0.3, -0.25) is 19.3 Å². The van der Waals surface area contributed by atoms with E-state index in [-0.39, 0.29) is 19.6 Å². The number of ketones is 1. The molecule has 1 aliphatic rings. The zero-order valence-corrected chi connectivity index (χ0v) is 13.8. The molecule has 3 rings (SSSR count). The summed E-state index contributed by atoms with van der Waals surface area (Å²) < 4.78 is 5.26. The van der Waals surface area contributed by atoms with Crippen LogP contribution in [0.5, 0.6) is 0 Å². The van der Waals surface area contributed by atoms with Gasteiger partial charge in [-0.15, -0.1) is 0 Å². The molecule has 0 radical (unpaired) electrons. The first kappa shape index (κ1) is 16.9. The van der Waals surface area contributed by atoms with Gasteiger partial charge in [0.2, 0.25) is 5.78 Å².